The molecule has 10 heteroatoms. The van der Waals surface area contributed by atoms with Gasteiger partial charge in [0.15, 0.2) is 5.82 Å². The van der Waals surface area contributed by atoms with Crippen molar-refractivity contribution in [3.05, 3.63) is 16.7 Å². The minimum absolute atomic E-state index is 0.0366. The molecular formula is C16H25N7O2S. The third-order valence-electron chi connectivity index (χ3n) is 4.22. The summed E-state index contributed by atoms with van der Waals surface area (Å²) in [4.78, 5) is 20.9. The first kappa shape index (κ1) is 18.9. The number of nitrogens with one attached hydrogen (secondary N) is 1. The Kier molecular flexibility index (Phi) is 6.64. The standard InChI is InChI=1S/C16H25N7O2S/c1-3-4-5-15-19-20-16(26-15)18-14(24)11-23-8-6-22(7-9-23)10-13-17-12(2)25-21-13/h3-11H2,1-2H3,(H,18,20,24). The zero-order valence-electron chi connectivity index (χ0n) is 15.3. The van der Waals surface area contributed by atoms with E-state index in [0.717, 1.165) is 50.4 Å². The third-order valence-corrected chi connectivity index (χ3v) is 5.12. The SMILES string of the molecule is CCCCc1nnc(NC(=O)CN2CCN(Cc3noc(C)n3)CC2)s1. The minimum atomic E-state index is -0.0366. The van der Waals surface area contributed by atoms with Crippen LogP contribution in [-0.4, -0.2) is 68.8 Å². The summed E-state index contributed by atoms with van der Waals surface area (Å²) in [5.41, 5.74) is 0. The molecule has 9 nitrogen and oxygen atoms in total. The van der Waals surface area contributed by atoms with E-state index in [0.29, 0.717) is 29.9 Å². The van der Waals surface area contributed by atoms with E-state index >= 15 is 0 Å². The highest BCUT2D eigenvalue weighted by Gasteiger charge is 2.20. The number of hydrogen-bond acceptors (Lipinski definition) is 9. The number of aryl methyl sites for hydroxylation is 2. The van der Waals surface area contributed by atoms with E-state index < -0.39 is 0 Å². The minimum Gasteiger partial charge on any atom is -0.340 e. The van der Waals surface area contributed by atoms with E-state index in [2.05, 4.69) is 42.4 Å². The van der Waals surface area contributed by atoms with E-state index in [1.54, 1.807) is 6.92 Å². The van der Waals surface area contributed by atoms with Crippen molar-refractivity contribution in [3.8, 4) is 0 Å². The number of rotatable bonds is 8. The quantitative estimate of drug-likeness (QED) is 0.733. The van der Waals surface area contributed by atoms with Crippen molar-refractivity contribution in [2.75, 3.05) is 38.0 Å². The van der Waals surface area contributed by atoms with Crippen LogP contribution in [0.25, 0.3) is 0 Å². The lowest BCUT2D eigenvalue weighted by molar-refractivity contribution is -0.117. The van der Waals surface area contributed by atoms with Gasteiger partial charge in [0.25, 0.3) is 0 Å². The van der Waals surface area contributed by atoms with Gasteiger partial charge in [0.2, 0.25) is 16.9 Å². The zero-order valence-corrected chi connectivity index (χ0v) is 16.1. The summed E-state index contributed by atoms with van der Waals surface area (Å²) in [7, 11) is 0. The number of carbonyl (C=O) groups excluding carboxylic acids is 1. The Morgan fingerprint density at radius 2 is 2.00 bits per heavy atom. The van der Waals surface area contributed by atoms with Crippen LogP contribution in [0, 0.1) is 6.92 Å². The predicted molar refractivity (Wildman–Crippen MR) is 97.9 cm³/mol. The second-order valence-corrected chi connectivity index (χ2v) is 7.50. The molecule has 3 heterocycles. The van der Waals surface area contributed by atoms with Gasteiger partial charge in [-0.25, -0.2) is 0 Å². The molecule has 0 saturated carbocycles. The lowest BCUT2D eigenvalue weighted by Crippen LogP contribution is -2.48. The first-order valence-corrected chi connectivity index (χ1v) is 9.80. The summed E-state index contributed by atoms with van der Waals surface area (Å²) < 4.78 is 5.00. The van der Waals surface area contributed by atoms with Crippen molar-refractivity contribution in [1.82, 2.24) is 30.1 Å². The number of anilines is 1. The largest absolute Gasteiger partial charge is 0.340 e. The fourth-order valence-corrected chi connectivity index (χ4v) is 3.60. The fourth-order valence-electron chi connectivity index (χ4n) is 2.81. The normalized spacial score (nSPS) is 16.1. The summed E-state index contributed by atoms with van der Waals surface area (Å²) in [6.07, 6.45) is 3.14. The number of aromatic nitrogens is 4. The van der Waals surface area contributed by atoms with Crippen molar-refractivity contribution < 1.29 is 9.32 Å². The molecule has 0 bridgehead atoms. The highest BCUT2D eigenvalue weighted by atomic mass is 32.1. The molecule has 0 atom stereocenters. The van der Waals surface area contributed by atoms with Crippen LogP contribution in [0.5, 0.6) is 0 Å². The first-order chi connectivity index (χ1) is 12.6. The molecule has 1 saturated heterocycles. The Labute approximate surface area is 156 Å². The van der Waals surface area contributed by atoms with Gasteiger partial charge in [0, 0.05) is 39.5 Å². The summed E-state index contributed by atoms with van der Waals surface area (Å²) >= 11 is 1.46. The van der Waals surface area contributed by atoms with Gasteiger partial charge in [-0.2, -0.15) is 4.98 Å². The van der Waals surface area contributed by atoms with Gasteiger partial charge in [-0.05, 0) is 6.42 Å². The van der Waals surface area contributed by atoms with E-state index in [4.69, 9.17) is 4.52 Å². The van der Waals surface area contributed by atoms with Gasteiger partial charge >= 0.3 is 0 Å². The maximum Gasteiger partial charge on any atom is 0.240 e. The van der Waals surface area contributed by atoms with E-state index in [1.165, 1.54) is 11.3 Å². The molecule has 1 amide bonds. The van der Waals surface area contributed by atoms with E-state index in [9.17, 15) is 4.79 Å². The molecule has 0 aliphatic carbocycles. The van der Waals surface area contributed by atoms with E-state index in [1.807, 2.05) is 0 Å². The molecule has 0 aromatic carbocycles. The predicted octanol–water partition coefficient (Wildman–Crippen LogP) is 1.33. The summed E-state index contributed by atoms with van der Waals surface area (Å²) in [6.45, 7) is 8.41. The van der Waals surface area contributed by atoms with Crippen LogP contribution in [0.2, 0.25) is 0 Å². The maximum absolute atomic E-state index is 12.2. The number of carbonyl (C=O) groups is 1. The topological polar surface area (TPSA) is 100 Å². The van der Waals surface area contributed by atoms with Gasteiger partial charge in [-0.3, -0.25) is 19.9 Å². The van der Waals surface area contributed by atoms with Crippen molar-refractivity contribution >= 4 is 22.4 Å². The Bertz CT molecular complexity index is 709. The van der Waals surface area contributed by atoms with Crippen molar-refractivity contribution in [2.45, 2.75) is 39.7 Å². The average Bonchev–Trinajstić information content (AvgIpc) is 3.23. The number of piperazine rings is 1. The molecule has 1 N–H and O–H groups in total. The number of unbranched alkanes of at least 4 members (excludes halogenated alkanes) is 1. The Balaban J connectivity index is 1.38. The number of nitrogens with zero attached hydrogens (tertiary/aromatic N) is 6. The van der Waals surface area contributed by atoms with Crippen LogP contribution in [0.1, 0.15) is 36.5 Å². The molecule has 26 heavy (non-hydrogen) atoms. The Morgan fingerprint density at radius 3 is 2.69 bits per heavy atom. The van der Waals surface area contributed by atoms with Crippen molar-refractivity contribution in [1.29, 1.82) is 0 Å². The molecular weight excluding hydrogens is 354 g/mol. The molecule has 1 aliphatic heterocycles. The lowest BCUT2D eigenvalue weighted by Gasteiger charge is -2.33. The third kappa shape index (κ3) is 5.55. The molecule has 0 radical (unpaired) electrons. The number of amides is 1. The van der Waals surface area contributed by atoms with Crippen molar-refractivity contribution in [2.24, 2.45) is 0 Å². The monoisotopic (exact) mass is 379 g/mol. The van der Waals surface area contributed by atoms with Crippen LogP contribution in [-0.2, 0) is 17.8 Å². The maximum atomic E-state index is 12.2. The molecule has 1 aliphatic rings. The van der Waals surface area contributed by atoms with Crippen LogP contribution >= 0.6 is 11.3 Å². The smallest absolute Gasteiger partial charge is 0.240 e. The summed E-state index contributed by atoms with van der Waals surface area (Å²) in [6, 6.07) is 0. The van der Waals surface area contributed by atoms with Gasteiger partial charge < -0.3 is 4.52 Å². The second kappa shape index (κ2) is 9.15. The molecule has 142 valence electrons. The molecule has 0 unspecified atom stereocenters. The molecule has 2 aromatic rings. The first-order valence-electron chi connectivity index (χ1n) is 8.98. The molecule has 1 fully saturated rings. The molecule has 0 spiro atoms. The second-order valence-electron chi connectivity index (χ2n) is 6.43. The molecule has 2 aromatic heterocycles. The van der Waals surface area contributed by atoms with Crippen LogP contribution in [0.15, 0.2) is 4.52 Å². The van der Waals surface area contributed by atoms with Gasteiger partial charge in [0.05, 0.1) is 13.1 Å². The average molecular weight is 379 g/mol. The van der Waals surface area contributed by atoms with Crippen LogP contribution in [0.3, 0.4) is 0 Å². The van der Waals surface area contributed by atoms with Crippen molar-refractivity contribution in [3.63, 3.8) is 0 Å². The van der Waals surface area contributed by atoms with E-state index in [-0.39, 0.29) is 5.91 Å². The van der Waals surface area contributed by atoms with Gasteiger partial charge in [-0.15, -0.1) is 10.2 Å². The van der Waals surface area contributed by atoms with Crippen LogP contribution in [0.4, 0.5) is 5.13 Å². The zero-order chi connectivity index (χ0) is 18.4. The van der Waals surface area contributed by atoms with Gasteiger partial charge in [0.1, 0.15) is 5.01 Å². The number of hydrogen-bond donors (Lipinski definition) is 1. The fraction of sp³-hybridized carbons (Fsp3) is 0.688. The van der Waals surface area contributed by atoms with Crippen LogP contribution < -0.4 is 5.32 Å². The Hall–Kier alpha value is -1.91. The summed E-state index contributed by atoms with van der Waals surface area (Å²) in [5, 5.41) is 16.5. The lowest BCUT2D eigenvalue weighted by atomic mass is 10.3. The summed E-state index contributed by atoms with van der Waals surface area (Å²) in [5.74, 6) is 1.26. The molecule has 3 rings (SSSR count). The highest BCUT2D eigenvalue weighted by molar-refractivity contribution is 7.15. The van der Waals surface area contributed by atoms with Gasteiger partial charge in [-0.1, -0.05) is 29.8 Å². The highest BCUT2D eigenvalue weighted by Crippen LogP contribution is 2.17. The Morgan fingerprint density at radius 1 is 1.23 bits per heavy atom.